The minimum atomic E-state index is 0.492. The summed E-state index contributed by atoms with van der Waals surface area (Å²) < 4.78 is 5.63. The summed E-state index contributed by atoms with van der Waals surface area (Å²) in [5, 5.41) is 6.91. The van der Waals surface area contributed by atoms with Crippen LogP contribution in [0.25, 0.3) is 11.5 Å². The van der Waals surface area contributed by atoms with Crippen LogP contribution in [0.4, 0.5) is 0 Å². The molecule has 0 unspecified atom stereocenters. The summed E-state index contributed by atoms with van der Waals surface area (Å²) in [6.45, 7) is 5.06. The summed E-state index contributed by atoms with van der Waals surface area (Å²) in [4.78, 5) is 11.6. The Labute approximate surface area is 161 Å². The number of nitrogens with zero attached hydrogens (tertiary/aromatic N) is 3. The number of aliphatic imine (C=N–C) groups is 1. The molecule has 4 rings (SSSR count). The van der Waals surface area contributed by atoms with Crippen molar-refractivity contribution < 1.29 is 4.42 Å². The van der Waals surface area contributed by atoms with Gasteiger partial charge in [0.25, 0.3) is 0 Å². The van der Waals surface area contributed by atoms with Gasteiger partial charge in [0, 0.05) is 37.8 Å². The van der Waals surface area contributed by atoms with Crippen molar-refractivity contribution in [1.82, 2.24) is 20.5 Å². The number of hydrogen-bond donors (Lipinski definition) is 2. The standard InChI is InChI=1S/C21H29N5O/c1-15-3-5-16(6-4-15)20-24-18(14-27-20)13-23-21(22-2)25-17-9-11-26(12-10-17)19-7-8-19/h3-6,14,17,19H,7-13H2,1-2H3,(H2,22,23,25). The first-order chi connectivity index (χ1) is 13.2. The van der Waals surface area contributed by atoms with Gasteiger partial charge in [-0.25, -0.2) is 4.98 Å². The maximum Gasteiger partial charge on any atom is 0.226 e. The third kappa shape index (κ3) is 4.69. The van der Waals surface area contributed by atoms with E-state index in [0.717, 1.165) is 23.3 Å². The number of aryl methyl sites for hydroxylation is 1. The fourth-order valence-electron chi connectivity index (χ4n) is 3.63. The number of guanidine groups is 1. The lowest BCUT2D eigenvalue weighted by atomic mass is 10.1. The molecule has 2 fully saturated rings. The minimum absolute atomic E-state index is 0.492. The van der Waals surface area contributed by atoms with Crippen molar-refractivity contribution in [3.8, 4) is 11.5 Å². The van der Waals surface area contributed by atoms with Crippen LogP contribution in [0.3, 0.4) is 0 Å². The SMILES string of the molecule is CN=C(NCc1coc(-c2ccc(C)cc2)n1)NC1CCN(C2CC2)CC1. The fourth-order valence-corrected chi connectivity index (χ4v) is 3.63. The Morgan fingerprint density at radius 1 is 1.19 bits per heavy atom. The molecule has 6 heteroatoms. The summed E-state index contributed by atoms with van der Waals surface area (Å²) in [6.07, 6.45) is 6.86. The molecule has 2 N–H and O–H groups in total. The van der Waals surface area contributed by atoms with Crippen LogP contribution in [-0.4, -0.2) is 48.1 Å². The number of oxazole rings is 1. The zero-order chi connectivity index (χ0) is 18.6. The van der Waals surface area contributed by atoms with Crippen LogP contribution in [0.2, 0.25) is 0 Å². The highest BCUT2D eigenvalue weighted by atomic mass is 16.3. The van der Waals surface area contributed by atoms with Gasteiger partial charge in [0.1, 0.15) is 6.26 Å². The molecule has 0 radical (unpaired) electrons. The molecule has 1 saturated carbocycles. The van der Waals surface area contributed by atoms with E-state index in [1.807, 2.05) is 19.2 Å². The van der Waals surface area contributed by atoms with Gasteiger partial charge < -0.3 is 20.0 Å². The van der Waals surface area contributed by atoms with E-state index in [0.29, 0.717) is 18.5 Å². The molecule has 1 aliphatic heterocycles. The largest absolute Gasteiger partial charge is 0.444 e. The molecule has 2 aliphatic rings. The molecule has 1 aromatic carbocycles. The third-order valence-electron chi connectivity index (χ3n) is 5.44. The zero-order valence-corrected chi connectivity index (χ0v) is 16.2. The summed E-state index contributed by atoms with van der Waals surface area (Å²) in [7, 11) is 1.81. The van der Waals surface area contributed by atoms with E-state index in [4.69, 9.17) is 4.42 Å². The van der Waals surface area contributed by atoms with Gasteiger partial charge >= 0.3 is 0 Å². The zero-order valence-electron chi connectivity index (χ0n) is 16.2. The number of likely N-dealkylation sites (tertiary alicyclic amines) is 1. The number of nitrogens with one attached hydrogen (secondary N) is 2. The van der Waals surface area contributed by atoms with Gasteiger partial charge in [-0.15, -0.1) is 0 Å². The predicted molar refractivity (Wildman–Crippen MR) is 108 cm³/mol. The van der Waals surface area contributed by atoms with E-state index >= 15 is 0 Å². The second-order valence-electron chi connectivity index (χ2n) is 7.62. The van der Waals surface area contributed by atoms with Crippen molar-refractivity contribution in [2.45, 2.75) is 51.2 Å². The van der Waals surface area contributed by atoms with E-state index in [-0.39, 0.29) is 0 Å². The summed E-state index contributed by atoms with van der Waals surface area (Å²) in [6, 6.07) is 9.57. The topological polar surface area (TPSA) is 65.7 Å². The van der Waals surface area contributed by atoms with Crippen LogP contribution in [0, 0.1) is 6.92 Å². The Hall–Kier alpha value is -2.34. The highest BCUT2D eigenvalue weighted by molar-refractivity contribution is 5.79. The molecule has 2 heterocycles. The first kappa shape index (κ1) is 18.0. The maximum absolute atomic E-state index is 5.63. The monoisotopic (exact) mass is 367 g/mol. The number of piperidine rings is 1. The predicted octanol–water partition coefficient (Wildman–Crippen LogP) is 2.94. The van der Waals surface area contributed by atoms with E-state index in [1.54, 1.807) is 6.26 Å². The second kappa shape index (κ2) is 8.13. The van der Waals surface area contributed by atoms with Crippen LogP contribution in [-0.2, 0) is 6.54 Å². The maximum atomic E-state index is 5.63. The van der Waals surface area contributed by atoms with Crippen LogP contribution in [0.15, 0.2) is 39.9 Å². The Morgan fingerprint density at radius 3 is 2.59 bits per heavy atom. The van der Waals surface area contributed by atoms with E-state index in [1.165, 1.54) is 44.3 Å². The molecule has 1 aromatic heterocycles. The van der Waals surface area contributed by atoms with Gasteiger partial charge in [-0.05, 0) is 44.7 Å². The first-order valence-electron chi connectivity index (χ1n) is 9.94. The van der Waals surface area contributed by atoms with Crippen LogP contribution < -0.4 is 10.6 Å². The smallest absolute Gasteiger partial charge is 0.226 e. The molecule has 0 bridgehead atoms. The molecular weight excluding hydrogens is 338 g/mol. The van der Waals surface area contributed by atoms with Crippen molar-refractivity contribution in [3.63, 3.8) is 0 Å². The summed E-state index contributed by atoms with van der Waals surface area (Å²) >= 11 is 0. The molecule has 0 atom stereocenters. The van der Waals surface area contributed by atoms with Crippen molar-refractivity contribution in [1.29, 1.82) is 0 Å². The highest BCUT2D eigenvalue weighted by Crippen LogP contribution is 2.29. The molecule has 6 nitrogen and oxygen atoms in total. The number of aromatic nitrogens is 1. The number of rotatable bonds is 5. The Morgan fingerprint density at radius 2 is 1.93 bits per heavy atom. The van der Waals surface area contributed by atoms with E-state index < -0.39 is 0 Å². The van der Waals surface area contributed by atoms with Gasteiger partial charge in [0.15, 0.2) is 5.96 Å². The Balaban J connectivity index is 1.26. The van der Waals surface area contributed by atoms with Gasteiger partial charge in [-0.3, -0.25) is 4.99 Å². The lowest BCUT2D eigenvalue weighted by molar-refractivity contribution is 0.197. The lowest BCUT2D eigenvalue weighted by Gasteiger charge is -2.33. The Bertz CT molecular complexity index is 770. The molecule has 0 amide bonds. The average Bonchev–Trinajstić information content (AvgIpc) is 3.44. The minimum Gasteiger partial charge on any atom is -0.444 e. The molecule has 1 aliphatic carbocycles. The average molecular weight is 367 g/mol. The van der Waals surface area contributed by atoms with Crippen LogP contribution in [0.5, 0.6) is 0 Å². The van der Waals surface area contributed by atoms with Gasteiger partial charge in [-0.1, -0.05) is 17.7 Å². The number of hydrogen-bond acceptors (Lipinski definition) is 4. The first-order valence-corrected chi connectivity index (χ1v) is 9.94. The normalized spacial score (nSPS) is 19.3. The van der Waals surface area contributed by atoms with Gasteiger partial charge in [0.05, 0.1) is 12.2 Å². The summed E-state index contributed by atoms with van der Waals surface area (Å²) in [5.41, 5.74) is 3.10. The molecule has 0 spiro atoms. The van der Waals surface area contributed by atoms with Crippen molar-refractivity contribution in [2.75, 3.05) is 20.1 Å². The fraction of sp³-hybridized carbons (Fsp3) is 0.524. The Kier molecular flexibility index (Phi) is 5.43. The molecule has 27 heavy (non-hydrogen) atoms. The third-order valence-corrected chi connectivity index (χ3v) is 5.44. The van der Waals surface area contributed by atoms with E-state index in [9.17, 15) is 0 Å². The van der Waals surface area contributed by atoms with Crippen LogP contribution in [0.1, 0.15) is 36.9 Å². The van der Waals surface area contributed by atoms with Crippen molar-refractivity contribution >= 4 is 5.96 Å². The summed E-state index contributed by atoms with van der Waals surface area (Å²) in [5.74, 6) is 1.49. The molecule has 1 saturated heterocycles. The van der Waals surface area contributed by atoms with E-state index in [2.05, 4.69) is 44.6 Å². The molecule has 144 valence electrons. The van der Waals surface area contributed by atoms with Crippen LogP contribution >= 0.6 is 0 Å². The second-order valence-corrected chi connectivity index (χ2v) is 7.62. The van der Waals surface area contributed by atoms with Crippen molar-refractivity contribution in [3.05, 3.63) is 41.8 Å². The lowest BCUT2D eigenvalue weighted by Crippen LogP contribution is -2.48. The van der Waals surface area contributed by atoms with Crippen molar-refractivity contribution in [2.24, 2.45) is 4.99 Å². The number of benzene rings is 1. The highest BCUT2D eigenvalue weighted by Gasteiger charge is 2.31. The molecule has 2 aromatic rings. The van der Waals surface area contributed by atoms with Gasteiger partial charge in [0.2, 0.25) is 5.89 Å². The molecular formula is C21H29N5O. The quantitative estimate of drug-likeness (QED) is 0.628. The van der Waals surface area contributed by atoms with Gasteiger partial charge in [-0.2, -0.15) is 0 Å².